The van der Waals surface area contributed by atoms with Gasteiger partial charge in [0, 0.05) is 11.6 Å². The molecule has 1 aromatic heterocycles. The molecule has 12 heteroatoms. The van der Waals surface area contributed by atoms with Crippen LogP contribution in [0.4, 0.5) is 17.3 Å². The summed E-state index contributed by atoms with van der Waals surface area (Å²) in [6.45, 7) is 0.124. The van der Waals surface area contributed by atoms with Crippen LogP contribution in [-0.4, -0.2) is 34.0 Å². The van der Waals surface area contributed by atoms with Gasteiger partial charge in [-0.15, -0.1) is 0 Å². The number of halogens is 2. The third-order valence-corrected chi connectivity index (χ3v) is 5.23. The van der Waals surface area contributed by atoms with Crippen molar-refractivity contribution in [2.45, 2.75) is 32.1 Å². The van der Waals surface area contributed by atoms with Gasteiger partial charge >= 0.3 is 5.69 Å². The van der Waals surface area contributed by atoms with Gasteiger partial charge in [0.05, 0.1) is 9.95 Å². The number of hydrogen-bond acceptors (Lipinski definition) is 8. The highest BCUT2D eigenvalue weighted by atomic mass is 35.5. The minimum absolute atomic E-state index is 0.0716. The van der Waals surface area contributed by atoms with Crippen molar-refractivity contribution in [1.82, 2.24) is 15.4 Å². The second-order valence-electron chi connectivity index (χ2n) is 7.00. The van der Waals surface area contributed by atoms with Crippen molar-refractivity contribution in [2.75, 3.05) is 23.9 Å². The number of hydrogen-bond donors (Lipinski definition) is 3. The monoisotopic (exact) mass is 480 g/mol. The van der Waals surface area contributed by atoms with Crippen LogP contribution in [0.3, 0.4) is 0 Å². The van der Waals surface area contributed by atoms with Crippen molar-refractivity contribution in [3.8, 4) is 5.75 Å². The summed E-state index contributed by atoms with van der Waals surface area (Å²) < 4.78 is 5.33. The summed E-state index contributed by atoms with van der Waals surface area (Å²) in [4.78, 5) is 30.9. The molecule has 0 saturated heterocycles. The van der Waals surface area contributed by atoms with E-state index in [0.717, 1.165) is 19.3 Å². The lowest BCUT2D eigenvalue weighted by molar-refractivity contribution is -0.383. The lowest BCUT2D eigenvalue weighted by atomic mass is 9.97. The van der Waals surface area contributed by atoms with Gasteiger partial charge in [0.2, 0.25) is 11.6 Å². The third kappa shape index (κ3) is 6.69. The van der Waals surface area contributed by atoms with E-state index in [4.69, 9.17) is 27.9 Å². The fourth-order valence-electron chi connectivity index (χ4n) is 3.15. The molecule has 2 aromatic rings. The van der Waals surface area contributed by atoms with E-state index in [1.807, 2.05) is 0 Å². The third-order valence-electron chi connectivity index (χ3n) is 4.70. The Hall–Kier alpha value is -3.11. The number of carbonyl (C=O) groups excluding carboxylic acids is 1. The molecule has 0 saturated carbocycles. The van der Waals surface area contributed by atoms with Crippen LogP contribution >= 0.6 is 23.2 Å². The van der Waals surface area contributed by atoms with Crippen LogP contribution < -0.4 is 20.9 Å². The number of benzene rings is 1. The molecule has 1 amide bonds. The van der Waals surface area contributed by atoms with Gasteiger partial charge in [-0.1, -0.05) is 34.9 Å². The summed E-state index contributed by atoms with van der Waals surface area (Å²) >= 11 is 11.8. The Bertz CT molecular complexity index is 1020. The molecule has 32 heavy (non-hydrogen) atoms. The molecule has 10 nitrogen and oxygen atoms in total. The summed E-state index contributed by atoms with van der Waals surface area (Å²) in [6, 6.07) is 4.59. The topological polar surface area (TPSA) is 131 Å². The fourth-order valence-corrected chi connectivity index (χ4v) is 3.61. The number of ether oxygens (including phenoxy) is 1. The molecule has 0 unspecified atom stereocenters. The van der Waals surface area contributed by atoms with E-state index in [2.05, 4.69) is 32.2 Å². The maximum atomic E-state index is 12.1. The summed E-state index contributed by atoms with van der Waals surface area (Å²) in [7, 11) is 0. The molecule has 1 aliphatic carbocycles. The Balaban J connectivity index is 1.56. The number of aromatic nitrogens is 2. The van der Waals surface area contributed by atoms with Gasteiger partial charge in [-0.3, -0.25) is 25.8 Å². The number of rotatable bonds is 10. The second kappa shape index (κ2) is 11.5. The van der Waals surface area contributed by atoms with Crippen molar-refractivity contribution < 1.29 is 14.5 Å². The van der Waals surface area contributed by atoms with Crippen molar-refractivity contribution >= 4 is 46.4 Å². The highest BCUT2D eigenvalue weighted by molar-refractivity contribution is 6.35. The average molecular weight is 481 g/mol. The molecule has 1 aliphatic rings. The molecule has 1 aromatic carbocycles. The molecular weight excluding hydrogens is 459 g/mol. The Kier molecular flexibility index (Phi) is 8.46. The quantitative estimate of drug-likeness (QED) is 0.257. The number of hydrazine groups is 1. The van der Waals surface area contributed by atoms with Crippen LogP contribution in [-0.2, 0) is 4.79 Å². The standard InChI is InChI=1S/C20H22Cl2N6O4/c21-14-6-7-16(15(22)10-14)32-11-17(29)26-27-20-18(28(30)31)19(24-12-25-20)23-9-8-13-4-2-1-3-5-13/h4,6-7,10,12H,1-3,5,8-9,11H2,(H,26,29)(H2,23,24,25,27). The van der Waals surface area contributed by atoms with Crippen molar-refractivity contribution in [2.24, 2.45) is 0 Å². The lowest BCUT2D eigenvalue weighted by Gasteiger charge is -2.14. The fraction of sp³-hybridized carbons (Fsp3) is 0.350. The molecule has 0 radical (unpaired) electrons. The molecule has 0 spiro atoms. The average Bonchev–Trinajstić information content (AvgIpc) is 2.77. The molecule has 3 N–H and O–H groups in total. The predicted molar refractivity (Wildman–Crippen MR) is 122 cm³/mol. The maximum Gasteiger partial charge on any atom is 0.354 e. The van der Waals surface area contributed by atoms with Crippen LogP contribution in [0.5, 0.6) is 5.75 Å². The predicted octanol–water partition coefficient (Wildman–Crippen LogP) is 4.52. The first-order valence-corrected chi connectivity index (χ1v) is 10.7. The Morgan fingerprint density at radius 2 is 2.03 bits per heavy atom. The number of allylic oxidation sites excluding steroid dienone is 1. The van der Waals surface area contributed by atoms with E-state index in [-0.39, 0.29) is 34.7 Å². The normalized spacial score (nSPS) is 13.1. The molecule has 0 fully saturated rings. The molecular formula is C20H22Cl2N6O4. The van der Waals surface area contributed by atoms with Gasteiger partial charge in [0.25, 0.3) is 5.91 Å². The summed E-state index contributed by atoms with van der Waals surface area (Å²) in [5, 5.41) is 15.3. The number of amides is 1. The zero-order valence-electron chi connectivity index (χ0n) is 17.1. The number of carbonyl (C=O) groups is 1. The highest BCUT2D eigenvalue weighted by Crippen LogP contribution is 2.29. The van der Waals surface area contributed by atoms with Gasteiger partial charge in [0.1, 0.15) is 12.1 Å². The molecule has 170 valence electrons. The highest BCUT2D eigenvalue weighted by Gasteiger charge is 2.23. The first kappa shape index (κ1) is 23.6. The smallest absolute Gasteiger partial charge is 0.354 e. The van der Waals surface area contributed by atoms with E-state index in [9.17, 15) is 14.9 Å². The largest absolute Gasteiger partial charge is 0.482 e. The van der Waals surface area contributed by atoms with E-state index >= 15 is 0 Å². The molecule has 0 bridgehead atoms. The van der Waals surface area contributed by atoms with Crippen LogP contribution in [0, 0.1) is 10.1 Å². The van der Waals surface area contributed by atoms with Crippen molar-refractivity contribution in [3.05, 3.63) is 56.3 Å². The molecule has 3 rings (SSSR count). The minimum Gasteiger partial charge on any atom is -0.482 e. The SMILES string of the molecule is O=C(COc1ccc(Cl)cc1Cl)NNc1ncnc(NCCC2=CCCCC2)c1[N+](=O)[O-]. The Morgan fingerprint density at radius 3 is 2.75 bits per heavy atom. The minimum atomic E-state index is -0.610. The molecule has 0 aliphatic heterocycles. The van der Waals surface area contributed by atoms with Gasteiger partial charge in [-0.05, 0) is 50.3 Å². The summed E-state index contributed by atoms with van der Waals surface area (Å²) in [5.41, 5.74) is 5.74. The molecule has 1 heterocycles. The van der Waals surface area contributed by atoms with Gasteiger partial charge < -0.3 is 10.1 Å². The van der Waals surface area contributed by atoms with Crippen LogP contribution in [0.25, 0.3) is 0 Å². The van der Waals surface area contributed by atoms with E-state index < -0.39 is 10.8 Å². The molecule has 0 atom stereocenters. The summed E-state index contributed by atoms with van der Waals surface area (Å²) in [5.74, 6) is -0.397. The van der Waals surface area contributed by atoms with Crippen molar-refractivity contribution in [3.63, 3.8) is 0 Å². The number of nitrogens with zero attached hydrogens (tertiary/aromatic N) is 3. The van der Waals surface area contributed by atoms with Crippen molar-refractivity contribution in [1.29, 1.82) is 0 Å². The maximum absolute atomic E-state index is 12.1. The van der Waals surface area contributed by atoms with Crippen LogP contribution in [0.15, 0.2) is 36.2 Å². The number of nitro groups is 1. The lowest BCUT2D eigenvalue weighted by Crippen LogP contribution is -2.34. The second-order valence-corrected chi connectivity index (χ2v) is 7.84. The van der Waals surface area contributed by atoms with E-state index in [1.165, 1.54) is 36.9 Å². The Labute approximate surface area is 194 Å². The van der Waals surface area contributed by atoms with E-state index in [1.54, 1.807) is 6.07 Å². The summed E-state index contributed by atoms with van der Waals surface area (Å²) in [6.07, 6.45) is 8.68. The van der Waals surface area contributed by atoms with E-state index in [0.29, 0.717) is 11.6 Å². The van der Waals surface area contributed by atoms with Gasteiger partial charge in [-0.25, -0.2) is 9.97 Å². The van der Waals surface area contributed by atoms with Gasteiger partial charge in [-0.2, -0.15) is 0 Å². The Morgan fingerprint density at radius 1 is 1.22 bits per heavy atom. The number of nitrogens with one attached hydrogen (secondary N) is 3. The van der Waals surface area contributed by atoms with Gasteiger partial charge in [0.15, 0.2) is 6.61 Å². The zero-order valence-corrected chi connectivity index (χ0v) is 18.6. The zero-order chi connectivity index (χ0) is 22.9. The number of anilines is 2. The van der Waals surface area contributed by atoms with Crippen LogP contribution in [0.1, 0.15) is 32.1 Å². The first-order valence-electron chi connectivity index (χ1n) is 9.98. The van der Waals surface area contributed by atoms with Crippen LogP contribution in [0.2, 0.25) is 10.0 Å². The first-order chi connectivity index (χ1) is 15.4.